The van der Waals surface area contributed by atoms with Gasteiger partial charge in [0.05, 0.1) is 24.9 Å². The molecule has 124 valence electrons. The Morgan fingerprint density at radius 3 is 2.70 bits per heavy atom. The number of halogens is 1. The highest BCUT2D eigenvalue weighted by Gasteiger charge is 2.29. The molecule has 1 aliphatic carbocycles. The second-order valence-corrected chi connectivity index (χ2v) is 6.52. The van der Waals surface area contributed by atoms with E-state index in [0.717, 1.165) is 22.9 Å². The van der Waals surface area contributed by atoms with Gasteiger partial charge in [0, 0.05) is 30.1 Å². The third-order valence-corrected chi connectivity index (χ3v) is 4.92. The number of H-pyrrole nitrogens is 1. The molecule has 4 nitrogen and oxygen atoms in total. The van der Waals surface area contributed by atoms with E-state index < -0.39 is 0 Å². The summed E-state index contributed by atoms with van der Waals surface area (Å²) in [7, 11) is 3.26. The van der Waals surface area contributed by atoms with Gasteiger partial charge >= 0.3 is 0 Å². The molecule has 0 saturated heterocycles. The minimum absolute atomic E-state index is 0.598. The number of anilines is 1. The van der Waals surface area contributed by atoms with Gasteiger partial charge in [-0.05, 0) is 36.8 Å². The molecule has 1 unspecified atom stereocenters. The number of hydrogen-bond acceptors (Lipinski definition) is 3. The van der Waals surface area contributed by atoms with Crippen molar-refractivity contribution in [1.29, 1.82) is 0 Å². The Morgan fingerprint density at radius 2 is 2.04 bits per heavy atom. The van der Waals surface area contributed by atoms with E-state index >= 15 is 0 Å². The van der Waals surface area contributed by atoms with Crippen molar-refractivity contribution < 1.29 is 9.47 Å². The Bertz CT molecular complexity index is 680. The lowest BCUT2D eigenvalue weighted by molar-refractivity contribution is 0.391. The Kier molecular flexibility index (Phi) is 4.71. The number of benzene rings is 1. The quantitative estimate of drug-likeness (QED) is 0.763. The maximum absolute atomic E-state index is 6.36. The summed E-state index contributed by atoms with van der Waals surface area (Å²) in [6.45, 7) is 2.89. The van der Waals surface area contributed by atoms with Crippen molar-refractivity contribution in [1.82, 2.24) is 4.98 Å². The second kappa shape index (κ2) is 6.75. The summed E-state index contributed by atoms with van der Waals surface area (Å²) < 4.78 is 10.7. The molecule has 1 saturated carbocycles. The van der Waals surface area contributed by atoms with Gasteiger partial charge < -0.3 is 19.8 Å². The molecule has 0 radical (unpaired) electrons. The smallest absolute Gasteiger partial charge is 0.129 e. The minimum Gasteiger partial charge on any atom is -0.497 e. The predicted octanol–water partition coefficient (Wildman–Crippen LogP) is 4.81. The summed E-state index contributed by atoms with van der Waals surface area (Å²) in [4.78, 5) is 3.38. The molecule has 23 heavy (non-hydrogen) atoms. The molecule has 2 N–H and O–H groups in total. The molecule has 1 aromatic carbocycles. The van der Waals surface area contributed by atoms with Crippen molar-refractivity contribution in [3.8, 4) is 11.5 Å². The topological polar surface area (TPSA) is 46.3 Å². The molecule has 5 heteroatoms. The fourth-order valence-corrected chi connectivity index (χ4v) is 3.14. The highest BCUT2D eigenvalue weighted by molar-refractivity contribution is 6.31. The van der Waals surface area contributed by atoms with E-state index in [2.05, 4.69) is 23.3 Å². The summed E-state index contributed by atoms with van der Waals surface area (Å²) >= 11 is 6.36. The molecular weight excluding hydrogens is 312 g/mol. The molecule has 1 aromatic heterocycles. The lowest BCUT2D eigenvalue weighted by Crippen LogP contribution is -2.02. The summed E-state index contributed by atoms with van der Waals surface area (Å²) in [6.07, 6.45) is 4.71. The Hall–Kier alpha value is -1.81. The molecule has 0 aliphatic heterocycles. The van der Waals surface area contributed by atoms with Gasteiger partial charge in [0.25, 0.3) is 0 Å². The number of nitrogens with one attached hydrogen (secondary N) is 2. The van der Waals surface area contributed by atoms with Crippen molar-refractivity contribution in [2.45, 2.75) is 32.2 Å². The van der Waals surface area contributed by atoms with E-state index in [4.69, 9.17) is 21.1 Å². The van der Waals surface area contributed by atoms with Crippen LogP contribution in [0.5, 0.6) is 11.5 Å². The normalized spacial score (nSPS) is 15.3. The summed E-state index contributed by atoms with van der Waals surface area (Å²) in [5, 5.41) is 4.05. The maximum Gasteiger partial charge on any atom is 0.129 e. The van der Waals surface area contributed by atoms with Crippen LogP contribution in [0.4, 0.5) is 5.69 Å². The monoisotopic (exact) mass is 334 g/mol. The maximum atomic E-state index is 6.36. The minimum atomic E-state index is 0.598. The van der Waals surface area contributed by atoms with E-state index in [9.17, 15) is 0 Å². The van der Waals surface area contributed by atoms with E-state index in [0.29, 0.717) is 23.2 Å². The van der Waals surface area contributed by atoms with E-state index in [1.807, 2.05) is 12.3 Å². The van der Waals surface area contributed by atoms with E-state index in [1.165, 1.54) is 18.5 Å². The highest BCUT2D eigenvalue weighted by atomic mass is 35.5. The Morgan fingerprint density at radius 1 is 1.26 bits per heavy atom. The van der Waals surface area contributed by atoms with Crippen LogP contribution < -0.4 is 14.8 Å². The SMILES string of the molecule is COc1cc(Cl)c(CNc2c[nH]c(C(C)C3CC3)c2)c(OC)c1. The van der Waals surface area contributed by atoms with Gasteiger partial charge in [-0.15, -0.1) is 0 Å². The first-order valence-corrected chi connectivity index (χ1v) is 8.32. The van der Waals surface area contributed by atoms with Crippen molar-refractivity contribution in [2.24, 2.45) is 5.92 Å². The zero-order valence-electron chi connectivity index (χ0n) is 13.8. The van der Waals surface area contributed by atoms with Gasteiger partial charge in [0.2, 0.25) is 0 Å². The average Bonchev–Trinajstić information content (AvgIpc) is 3.30. The van der Waals surface area contributed by atoms with Crippen LogP contribution in [0.25, 0.3) is 0 Å². The summed E-state index contributed by atoms with van der Waals surface area (Å²) in [6, 6.07) is 5.84. The number of aromatic nitrogens is 1. The molecule has 2 aromatic rings. The van der Waals surface area contributed by atoms with Crippen molar-refractivity contribution in [3.63, 3.8) is 0 Å². The van der Waals surface area contributed by atoms with E-state index in [-0.39, 0.29) is 0 Å². The van der Waals surface area contributed by atoms with Crippen molar-refractivity contribution in [3.05, 3.63) is 40.7 Å². The Balaban J connectivity index is 1.70. The number of rotatable bonds is 7. The molecule has 0 spiro atoms. The number of hydrogen-bond donors (Lipinski definition) is 2. The number of aromatic amines is 1. The fourth-order valence-electron chi connectivity index (χ4n) is 2.88. The molecule has 1 fully saturated rings. The van der Waals surface area contributed by atoms with Gasteiger partial charge in [-0.25, -0.2) is 0 Å². The van der Waals surface area contributed by atoms with Crippen molar-refractivity contribution in [2.75, 3.05) is 19.5 Å². The molecular formula is C18H23ClN2O2. The first kappa shape index (κ1) is 16.1. The van der Waals surface area contributed by atoms with Gasteiger partial charge in [0.1, 0.15) is 11.5 Å². The van der Waals surface area contributed by atoms with Crippen LogP contribution in [0.3, 0.4) is 0 Å². The largest absolute Gasteiger partial charge is 0.497 e. The third kappa shape index (κ3) is 3.58. The van der Waals surface area contributed by atoms with Crippen LogP contribution in [-0.4, -0.2) is 19.2 Å². The Labute approximate surface area is 142 Å². The summed E-state index contributed by atoms with van der Waals surface area (Å²) in [5.74, 6) is 2.86. The van der Waals surface area contributed by atoms with Crippen LogP contribution >= 0.6 is 11.6 Å². The first-order chi connectivity index (χ1) is 11.1. The zero-order chi connectivity index (χ0) is 16.4. The molecule has 1 aliphatic rings. The van der Waals surface area contributed by atoms with Gasteiger partial charge in [0.15, 0.2) is 0 Å². The van der Waals surface area contributed by atoms with Crippen molar-refractivity contribution >= 4 is 17.3 Å². The van der Waals surface area contributed by atoms with Crippen LogP contribution in [0.15, 0.2) is 24.4 Å². The van der Waals surface area contributed by atoms with Gasteiger partial charge in [-0.2, -0.15) is 0 Å². The molecule has 0 bridgehead atoms. The standard InChI is InChI=1S/C18H23ClN2O2/c1-11(12-4-5-12)17-6-13(9-21-17)20-10-15-16(19)7-14(22-2)8-18(15)23-3/h6-9,11-12,20-21H,4-5,10H2,1-3H3. The lowest BCUT2D eigenvalue weighted by Gasteiger charge is -2.13. The van der Waals surface area contributed by atoms with Crippen LogP contribution in [-0.2, 0) is 6.54 Å². The third-order valence-electron chi connectivity index (χ3n) is 4.58. The number of methoxy groups -OCH3 is 2. The molecule has 0 amide bonds. The molecule has 3 rings (SSSR count). The first-order valence-electron chi connectivity index (χ1n) is 7.95. The van der Waals surface area contributed by atoms with Gasteiger partial charge in [-0.3, -0.25) is 0 Å². The van der Waals surface area contributed by atoms with Gasteiger partial charge in [-0.1, -0.05) is 18.5 Å². The van der Waals surface area contributed by atoms with Crippen LogP contribution in [0, 0.1) is 5.92 Å². The average molecular weight is 335 g/mol. The predicted molar refractivity (Wildman–Crippen MR) is 93.8 cm³/mol. The molecule has 1 heterocycles. The number of ether oxygens (including phenoxy) is 2. The van der Waals surface area contributed by atoms with E-state index in [1.54, 1.807) is 20.3 Å². The summed E-state index contributed by atoms with van der Waals surface area (Å²) in [5.41, 5.74) is 3.29. The molecule has 1 atom stereocenters. The second-order valence-electron chi connectivity index (χ2n) is 6.11. The zero-order valence-corrected chi connectivity index (χ0v) is 14.5. The lowest BCUT2D eigenvalue weighted by atomic mass is 10.0. The van der Waals surface area contributed by atoms with Crippen LogP contribution in [0.2, 0.25) is 5.02 Å². The van der Waals surface area contributed by atoms with Crippen LogP contribution in [0.1, 0.15) is 36.9 Å². The highest BCUT2D eigenvalue weighted by Crippen LogP contribution is 2.42. The fraction of sp³-hybridized carbons (Fsp3) is 0.444.